The summed E-state index contributed by atoms with van der Waals surface area (Å²) in [5, 5.41) is 12.3. The maximum absolute atomic E-state index is 12.2. The van der Waals surface area contributed by atoms with Crippen LogP contribution in [0, 0.1) is 17.2 Å². The van der Waals surface area contributed by atoms with Crippen molar-refractivity contribution in [2.75, 3.05) is 25.0 Å². The Morgan fingerprint density at radius 3 is 2.88 bits per heavy atom. The average Bonchev–Trinajstić information content (AvgIpc) is 2.99. The van der Waals surface area contributed by atoms with Gasteiger partial charge in [0.05, 0.1) is 5.56 Å². The van der Waals surface area contributed by atoms with Crippen molar-refractivity contribution in [3.05, 3.63) is 59.8 Å². The van der Waals surface area contributed by atoms with Crippen LogP contribution in [0.25, 0.3) is 0 Å². The van der Waals surface area contributed by atoms with Crippen LogP contribution in [0.3, 0.4) is 0 Å². The number of carbonyl (C=O) groups is 1. The molecule has 0 radical (unpaired) electrons. The second-order valence-electron chi connectivity index (χ2n) is 6.04. The van der Waals surface area contributed by atoms with E-state index in [1.165, 1.54) is 5.56 Å². The van der Waals surface area contributed by atoms with E-state index >= 15 is 0 Å². The van der Waals surface area contributed by atoms with E-state index in [9.17, 15) is 4.79 Å². The average molecular weight is 320 g/mol. The highest BCUT2D eigenvalue weighted by atomic mass is 16.2. The normalized spacial score (nSPS) is 16.9. The monoisotopic (exact) mass is 320 g/mol. The molecule has 1 aliphatic rings. The number of nitrogens with one attached hydrogen (secondary N) is 1. The molecule has 0 spiro atoms. The maximum atomic E-state index is 12.2. The molecular weight excluding hydrogens is 300 g/mol. The van der Waals surface area contributed by atoms with Gasteiger partial charge >= 0.3 is 0 Å². The van der Waals surface area contributed by atoms with Gasteiger partial charge in [0.1, 0.15) is 11.9 Å². The molecule has 5 nitrogen and oxygen atoms in total. The third kappa shape index (κ3) is 3.90. The predicted octanol–water partition coefficient (Wildman–Crippen LogP) is 2.46. The fourth-order valence-corrected chi connectivity index (χ4v) is 2.99. The van der Waals surface area contributed by atoms with Crippen LogP contribution in [0.4, 0.5) is 5.82 Å². The fourth-order valence-electron chi connectivity index (χ4n) is 2.99. The van der Waals surface area contributed by atoms with Gasteiger partial charge in [0.2, 0.25) is 5.91 Å². The number of amides is 1. The minimum absolute atomic E-state index is 0.208. The lowest BCUT2D eigenvalue weighted by molar-refractivity contribution is -0.127. The second kappa shape index (κ2) is 7.60. The zero-order valence-corrected chi connectivity index (χ0v) is 13.5. The minimum Gasteiger partial charge on any atom is -0.369 e. The zero-order chi connectivity index (χ0) is 16.8. The van der Waals surface area contributed by atoms with E-state index in [4.69, 9.17) is 5.26 Å². The first-order valence-corrected chi connectivity index (χ1v) is 8.17. The summed E-state index contributed by atoms with van der Waals surface area (Å²) in [7, 11) is 0. The molecule has 1 aromatic heterocycles. The number of rotatable bonds is 6. The SMILES string of the molecule is N#Cc1cccnc1NC[C@H]1CC(=O)N(CCc2ccccc2)C1. The minimum atomic E-state index is 0.208. The first-order chi connectivity index (χ1) is 11.8. The molecular formula is C19H20N4O. The van der Waals surface area contributed by atoms with Gasteiger partial charge in [0.15, 0.2) is 0 Å². The molecule has 122 valence electrons. The standard InChI is InChI=1S/C19H20N4O/c20-12-17-7-4-9-21-19(17)22-13-16-11-18(24)23(14-16)10-8-15-5-2-1-3-6-15/h1-7,9,16H,8,10-11,13-14H2,(H,21,22)/t16-/m1/s1. The van der Waals surface area contributed by atoms with Crippen LogP contribution < -0.4 is 5.32 Å². The Kier molecular flexibility index (Phi) is 5.07. The van der Waals surface area contributed by atoms with Crippen molar-refractivity contribution in [3.8, 4) is 6.07 Å². The van der Waals surface area contributed by atoms with E-state index in [1.807, 2.05) is 23.1 Å². The highest BCUT2D eigenvalue weighted by molar-refractivity contribution is 5.78. The molecule has 0 bridgehead atoms. The van der Waals surface area contributed by atoms with Gasteiger partial charge in [-0.15, -0.1) is 0 Å². The Labute approximate surface area is 141 Å². The number of anilines is 1. The summed E-state index contributed by atoms with van der Waals surface area (Å²) in [6.07, 6.45) is 3.09. The molecule has 0 saturated carbocycles. The first-order valence-electron chi connectivity index (χ1n) is 8.17. The van der Waals surface area contributed by atoms with Crippen molar-refractivity contribution < 1.29 is 4.79 Å². The summed E-state index contributed by atoms with van der Waals surface area (Å²) in [6, 6.07) is 15.8. The Bertz CT molecular complexity index is 739. The van der Waals surface area contributed by atoms with Crippen LogP contribution in [0.5, 0.6) is 0 Å². The Balaban J connectivity index is 1.50. The van der Waals surface area contributed by atoms with Crippen molar-refractivity contribution >= 4 is 11.7 Å². The van der Waals surface area contributed by atoms with Crippen molar-refractivity contribution in [1.29, 1.82) is 5.26 Å². The summed E-state index contributed by atoms with van der Waals surface area (Å²) in [5.74, 6) is 1.05. The smallest absolute Gasteiger partial charge is 0.223 e. The van der Waals surface area contributed by atoms with Gasteiger partial charge < -0.3 is 10.2 Å². The number of likely N-dealkylation sites (tertiary alicyclic amines) is 1. The molecule has 1 fully saturated rings. The van der Waals surface area contributed by atoms with Crippen LogP contribution in [-0.4, -0.2) is 35.4 Å². The Morgan fingerprint density at radius 1 is 1.25 bits per heavy atom. The third-order valence-corrected chi connectivity index (χ3v) is 4.29. The molecule has 1 atom stereocenters. The third-order valence-electron chi connectivity index (χ3n) is 4.29. The van der Waals surface area contributed by atoms with Crippen molar-refractivity contribution in [2.45, 2.75) is 12.8 Å². The van der Waals surface area contributed by atoms with Gasteiger partial charge in [0, 0.05) is 38.2 Å². The van der Waals surface area contributed by atoms with Crippen LogP contribution in [0.1, 0.15) is 17.5 Å². The van der Waals surface area contributed by atoms with E-state index < -0.39 is 0 Å². The zero-order valence-electron chi connectivity index (χ0n) is 13.5. The molecule has 0 unspecified atom stereocenters. The number of aromatic nitrogens is 1. The second-order valence-corrected chi connectivity index (χ2v) is 6.04. The van der Waals surface area contributed by atoms with Crippen LogP contribution in [-0.2, 0) is 11.2 Å². The van der Waals surface area contributed by atoms with Crippen molar-refractivity contribution in [3.63, 3.8) is 0 Å². The number of hydrogen-bond acceptors (Lipinski definition) is 4. The number of nitrogens with zero attached hydrogens (tertiary/aromatic N) is 3. The lowest BCUT2D eigenvalue weighted by Crippen LogP contribution is -2.28. The van der Waals surface area contributed by atoms with Crippen molar-refractivity contribution in [1.82, 2.24) is 9.88 Å². The molecule has 24 heavy (non-hydrogen) atoms. The lowest BCUT2D eigenvalue weighted by atomic mass is 10.1. The molecule has 1 N–H and O–H groups in total. The van der Waals surface area contributed by atoms with E-state index in [0.29, 0.717) is 24.3 Å². The molecule has 0 aliphatic carbocycles. The van der Waals surface area contributed by atoms with E-state index in [1.54, 1.807) is 18.3 Å². The summed E-state index contributed by atoms with van der Waals surface area (Å²) in [4.78, 5) is 18.3. The number of pyridine rings is 1. The quantitative estimate of drug-likeness (QED) is 0.887. The lowest BCUT2D eigenvalue weighted by Gasteiger charge is -2.17. The fraction of sp³-hybridized carbons (Fsp3) is 0.316. The number of nitriles is 1. The molecule has 1 saturated heterocycles. The van der Waals surface area contributed by atoms with Gasteiger partial charge in [-0.05, 0) is 24.1 Å². The van der Waals surface area contributed by atoms with Gasteiger partial charge in [-0.3, -0.25) is 4.79 Å². The summed E-state index contributed by atoms with van der Waals surface area (Å²) < 4.78 is 0. The predicted molar refractivity (Wildman–Crippen MR) is 92.3 cm³/mol. The highest BCUT2D eigenvalue weighted by Gasteiger charge is 2.29. The summed E-state index contributed by atoms with van der Waals surface area (Å²) >= 11 is 0. The number of carbonyl (C=O) groups excluding carboxylic acids is 1. The molecule has 3 rings (SSSR count). The summed E-state index contributed by atoms with van der Waals surface area (Å²) in [6.45, 7) is 2.17. The Morgan fingerprint density at radius 2 is 2.08 bits per heavy atom. The van der Waals surface area contributed by atoms with Crippen LogP contribution in [0.2, 0.25) is 0 Å². The van der Waals surface area contributed by atoms with Gasteiger partial charge in [-0.1, -0.05) is 30.3 Å². The largest absolute Gasteiger partial charge is 0.369 e. The van der Waals surface area contributed by atoms with E-state index in [-0.39, 0.29) is 11.8 Å². The first kappa shape index (κ1) is 16.0. The van der Waals surface area contributed by atoms with Crippen LogP contribution >= 0.6 is 0 Å². The maximum Gasteiger partial charge on any atom is 0.223 e. The molecule has 2 heterocycles. The molecule has 1 aliphatic heterocycles. The number of hydrogen-bond donors (Lipinski definition) is 1. The molecule has 1 aromatic carbocycles. The molecule has 5 heteroatoms. The summed E-state index contributed by atoms with van der Waals surface area (Å²) in [5.41, 5.74) is 1.78. The molecule has 1 amide bonds. The highest BCUT2D eigenvalue weighted by Crippen LogP contribution is 2.19. The topological polar surface area (TPSA) is 69.0 Å². The molecule has 2 aromatic rings. The van der Waals surface area contributed by atoms with Gasteiger partial charge in [-0.25, -0.2) is 4.98 Å². The number of benzene rings is 1. The van der Waals surface area contributed by atoms with E-state index in [2.05, 4.69) is 28.5 Å². The van der Waals surface area contributed by atoms with Gasteiger partial charge in [-0.2, -0.15) is 5.26 Å². The van der Waals surface area contributed by atoms with Crippen molar-refractivity contribution in [2.24, 2.45) is 5.92 Å². The van der Waals surface area contributed by atoms with E-state index in [0.717, 1.165) is 19.5 Å². The Hall–Kier alpha value is -2.87. The van der Waals surface area contributed by atoms with Gasteiger partial charge in [0.25, 0.3) is 0 Å². The van der Waals surface area contributed by atoms with Crippen LogP contribution in [0.15, 0.2) is 48.7 Å².